The summed E-state index contributed by atoms with van der Waals surface area (Å²) in [6.07, 6.45) is 3.15. The number of aryl methyl sites for hydroxylation is 2. The van der Waals surface area contributed by atoms with Crippen molar-refractivity contribution < 1.29 is 9.59 Å². The maximum Gasteiger partial charge on any atom is 0.325 e. The summed E-state index contributed by atoms with van der Waals surface area (Å²) in [4.78, 5) is 33.7. The van der Waals surface area contributed by atoms with Crippen LogP contribution in [-0.2, 0) is 4.79 Å². The number of hydrogen-bond donors (Lipinski definition) is 1. The number of hydrogen-bond acceptors (Lipinski definition) is 4. The van der Waals surface area contributed by atoms with E-state index in [1.165, 1.54) is 11.1 Å². The molecule has 6 heteroatoms. The van der Waals surface area contributed by atoms with E-state index in [0.717, 1.165) is 29.7 Å². The fraction of sp³-hybridized carbons (Fsp3) is 0.500. The van der Waals surface area contributed by atoms with Crippen LogP contribution >= 0.6 is 0 Å². The molecule has 0 radical (unpaired) electrons. The molecule has 2 aliphatic rings. The number of pyridine rings is 1. The third-order valence-corrected chi connectivity index (χ3v) is 6.04. The van der Waals surface area contributed by atoms with Gasteiger partial charge in [-0.2, -0.15) is 0 Å². The van der Waals surface area contributed by atoms with Crippen LogP contribution in [0.25, 0.3) is 10.9 Å². The van der Waals surface area contributed by atoms with Gasteiger partial charge in [0, 0.05) is 36.9 Å². The average molecular weight is 380 g/mol. The molecule has 28 heavy (non-hydrogen) atoms. The first-order valence-electron chi connectivity index (χ1n) is 10.1. The van der Waals surface area contributed by atoms with Gasteiger partial charge in [-0.3, -0.25) is 15.1 Å². The van der Waals surface area contributed by atoms with Crippen molar-refractivity contribution in [2.45, 2.75) is 46.1 Å². The van der Waals surface area contributed by atoms with Crippen LogP contribution in [0, 0.1) is 19.8 Å². The number of aromatic nitrogens is 1. The Morgan fingerprint density at radius 3 is 2.57 bits per heavy atom. The van der Waals surface area contributed by atoms with Gasteiger partial charge in [0.05, 0.1) is 5.52 Å². The Hall–Kier alpha value is -2.63. The van der Waals surface area contributed by atoms with Crippen molar-refractivity contribution in [3.63, 3.8) is 0 Å². The number of carbonyl (C=O) groups excluding carboxylic acids is 2. The van der Waals surface area contributed by atoms with E-state index in [-0.39, 0.29) is 11.9 Å². The molecule has 2 saturated heterocycles. The monoisotopic (exact) mass is 380 g/mol. The number of piperidine rings is 1. The molecule has 6 nitrogen and oxygen atoms in total. The summed E-state index contributed by atoms with van der Waals surface area (Å²) in [5.41, 5.74) is 3.88. The molecular formula is C22H28N4O2. The molecule has 0 unspecified atom stereocenters. The predicted octanol–water partition coefficient (Wildman–Crippen LogP) is 3.40. The smallest absolute Gasteiger partial charge is 0.325 e. The number of fused-ring (bicyclic) bond motifs is 1. The van der Waals surface area contributed by atoms with Gasteiger partial charge in [-0.05, 0) is 50.3 Å². The largest absolute Gasteiger partial charge is 0.371 e. The topological polar surface area (TPSA) is 65.5 Å². The maximum atomic E-state index is 12.7. The van der Waals surface area contributed by atoms with E-state index >= 15 is 0 Å². The Morgan fingerprint density at radius 2 is 1.89 bits per heavy atom. The van der Waals surface area contributed by atoms with Gasteiger partial charge in [0.2, 0.25) is 0 Å². The van der Waals surface area contributed by atoms with Crippen LogP contribution in [0.1, 0.15) is 37.8 Å². The molecule has 1 N–H and O–H groups in total. The number of benzene rings is 1. The minimum absolute atomic E-state index is 0.135. The highest BCUT2D eigenvalue weighted by molar-refractivity contribution is 6.07. The van der Waals surface area contributed by atoms with Crippen molar-refractivity contribution in [3.05, 3.63) is 35.5 Å². The number of nitrogens with one attached hydrogen (secondary N) is 1. The van der Waals surface area contributed by atoms with E-state index in [2.05, 4.69) is 61.1 Å². The normalized spacial score (nSPS) is 19.2. The second-order valence-electron chi connectivity index (χ2n) is 8.59. The molecule has 2 aromatic rings. The van der Waals surface area contributed by atoms with Gasteiger partial charge in [-0.25, -0.2) is 4.79 Å². The molecule has 2 fully saturated rings. The van der Waals surface area contributed by atoms with Crippen molar-refractivity contribution >= 4 is 28.5 Å². The molecule has 0 aliphatic carbocycles. The summed E-state index contributed by atoms with van der Waals surface area (Å²) in [5.74, 6) is 0.186. The number of imide groups is 1. The van der Waals surface area contributed by atoms with Gasteiger partial charge < -0.3 is 9.80 Å². The Balaban J connectivity index is 1.64. The standard InChI is InChI=1S/C22H28N4O2/c1-14(2)13-26-21(28)24-20(27)22(26)6-9-25(10-7-22)18-5-8-23-19-16(4)11-15(3)12-17(18)19/h5,8,11-12,14H,6-7,9-10,13H2,1-4H3,(H,24,27,28). The second kappa shape index (κ2) is 6.76. The van der Waals surface area contributed by atoms with Crippen LogP contribution in [0.4, 0.5) is 10.5 Å². The highest BCUT2D eigenvalue weighted by Gasteiger charge is 2.53. The molecule has 1 aromatic heterocycles. The van der Waals surface area contributed by atoms with E-state index in [9.17, 15) is 9.59 Å². The van der Waals surface area contributed by atoms with E-state index < -0.39 is 5.54 Å². The first-order chi connectivity index (χ1) is 13.3. The minimum Gasteiger partial charge on any atom is -0.371 e. The van der Waals surface area contributed by atoms with Crippen molar-refractivity contribution in [2.75, 3.05) is 24.5 Å². The van der Waals surface area contributed by atoms with Gasteiger partial charge in [-0.1, -0.05) is 25.5 Å². The van der Waals surface area contributed by atoms with Gasteiger partial charge in [0.1, 0.15) is 5.54 Å². The lowest BCUT2D eigenvalue weighted by Gasteiger charge is -2.43. The molecule has 1 spiro atoms. The van der Waals surface area contributed by atoms with E-state index in [4.69, 9.17) is 0 Å². The lowest BCUT2D eigenvalue weighted by atomic mass is 9.85. The van der Waals surface area contributed by atoms with Crippen LogP contribution in [-0.4, -0.2) is 47.0 Å². The van der Waals surface area contributed by atoms with E-state index in [1.807, 2.05) is 6.20 Å². The number of nitrogens with zero attached hydrogens (tertiary/aromatic N) is 3. The fourth-order valence-electron chi connectivity index (χ4n) is 4.71. The summed E-state index contributed by atoms with van der Waals surface area (Å²) < 4.78 is 0. The van der Waals surface area contributed by atoms with Crippen molar-refractivity contribution in [3.8, 4) is 0 Å². The Bertz CT molecular complexity index is 945. The molecule has 1 aromatic carbocycles. The van der Waals surface area contributed by atoms with Crippen molar-refractivity contribution in [1.82, 2.24) is 15.2 Å². The molecule has 148 valence electrons. The Labute approximate surface area is 165 Å². The maximum absolute atomic E-state index is 12.7. The van der Waals surface area contributed by atoms with Gasteiger partial charge in [0.25, 0.3) is 5.91 Å². The summed E-state index contributed by atoms with van der Waals surface area (Å²) >= 11 is 0. The number of rotatable bonds is 3. The Kier molecular flexibility index (Phi) is 4.52. The summed E-state index contributed by atoms with van der Waals surface area (Å²) in [6.45, 7) is 10.4. The lowest BCUT2D eigenvalue weighted by molar-refractivity contribution is -0.127. The quantitative estimate of drug-likeness (QED) is 0.829. The Morgan fingerprint density at radius 1 is 1.18 bits per heavy atom. The van der Waals surface area contributed by atoms with Gasteiger partial charge in [0.15, 0.2) is 0 Å². The van der Waals surface area contributed by atoms with E-state index in [0.29, 0.717) is 25.3 Å². The highest BCUT2D eigenvalue weighted by atomic mass is 16.2. The molecule has 3 amide bonds. The van der Waals surface area contributed by atoms with Crippen molar-refractivity contribution in [1.29, 1.82) is 0 Å². The highest BCUT2D eigenvalue weighted by Crippen LogP contribution is 2.37. The number of carbonyl (C=O) groups is 2. The first-order valence-corrected chi connectivity index (χ1v) is 10.1. The first kappa shape index (κ1) is 18.7. The zero-order valence-corrected chi connectivity index (χ0v) is 17.1. The van der Waals surface area contributed by atoms with Crippen LogP contribution in [0.5, 0.6) is 0 Å². The van der Waals surface area contributed by atoms with Gasteiger partial charge in [-0.15, -0.1) is 0 Å². The third kappa shape index (κ3) is 2.91. The van der Waals surface area contributed by atoms with Crippen molar-refractivity contribution in [2.24, 2.45) is 5.92 Å². The molecule has 4 rings (SSSR count). The SMILES string of the molecule is Cc1cc(C)c2nccc(N3CCC4(CC3)C(=O)NC(=O)N4CC(C)C)c2c1. The number of anilines is 1. The molecule has 0 atom stereocenters. The third-order valence-electron chi connectivity index (χ3n) is 6.04. The minimum atomic E-state index is -0.702. The number of urea groups is 1. The second-order valence-corrected chi connectivity index (χ2v) is 8.59. The molecule has 0 bridgehead atoms. The van der Waals surface area contributed by atoms with Crippen LogP contribution in [0.2, 0.25) is 0 Å². The van der Waals surface area contributed by atoms with Crippen LogP contribution < -0.4 is 10.2 Å². The summed E-state index contributed by atoms with van der Waals surface area (Å²) in [5, 5.41) is 3.71. The molecule has 3 heterocycles. The molecular weight excluding hydrogens is 352 g/mol. The zero-order valence-electron chi connectivity index (χ0n) is 17.1. The zero-order chi connectivity index (χ0) is 20.1. The number of amides is 3. The predicted molar refractivity (Wildman–Crippen MR) is 110 cm³/mol. The van der Waals surface area contributed by atoms with Crippen LogP contribution in [0.3, 0.4) is 0 Å². The van der Waals surface area contributed by atoms with Gasteiger partial charge >= 0.3 is 6.03 Å². The fourth-order valence-corrected chi connectivity index (χ4v) is 4.71. The van der Waals surface area contributed by atoms with Crippen LogP contribution in [0.15, 0.2) is 24.4 Å². The molecule has 0 saturated carbocycles. The lowest BCUT2D eigenvalue weighted by Crippen LogP contribution is -2.57. The van der Waals surface area contributed by atoms with E-state index in [1.54, 1.807) is 4.90 Å². The summed E-state index contributed by atoms with van der Waals surface area (Å²) in [6, 6.07) is 6.16. The molecule has 2 aliphatic heterocycles. The average Bonchev–Trinajstić information content (AvgIpc) is 2.86. The summed E-state index contributed by atoms with van der Waals surface area (Å²) in [7, 11) is 0.